The zero-order valence-electron chi connectivity index (χ0n) is 13.5. The summed E-state index contributed by atoms with van der Waals surface area (Å²) in [5, 5.41) is 24.0. The third-order valence-electron chi connectivity index (χ3n) is 6.46. The molecule has 3 heteroatoms. The molecule has 2 aliphatic carbocycles. The predicted octanol–water partition coefficient (Wildman–Crippen LogP) is 2.96. The Bertz CT molecular complexity index is 812. The van der Waals surface area contributed by atoms with E-state index >= 15 is 0 Å². The lowest BCUT2D eigenvalue weighted by Gasteiger charge is -2.45. The molecule has 1 saturated carbocycles. The van der Waals surface area contributed by atoms with E-state index in [2.05, 4.69) is 24.3 Å². The molecule has 120 valence electrons. The first-order valence-corrected chi connectivity index (χ1v) is 8.31. The van der Waals surface area contributed by atoms with Crippen LogP contribution in [0.1, 0.15) is 43.7 Å². The van der Waals surface area contributed by atoms with Crippen LogP contribution >= 0.6 is 0 Å². The molecular formula is C20H22O3. The smallest absolute Gasteiger partial charge is 0.164 e. The molecule has 0 bridgehead atoms. The fourth-order valence-electron chi connectivity index (χ4n) is 5.11. The van der Waals surface area contributed by atoms with Crippen LogP contribution in [0.25, 0.3) is 10.8 Å². The van der Waals surface area contributed by atoms with Crippen LogP contribution in [0.15, 0.2) is 36.4 Å². The minimum Gasteiger partial charge on any atom is -0.390 e. The molecule has 0 saturated heterocycles. The molecule has 0 amide bonds. The molecule has 2 aliphatic rings. The highest BCUT2D eigenvalue weighted by molar-refractivity contribution is 5.89. The highest BCUT2D eigenvalue weighted by atomic mass is 16.4. The number of Topliss-reactive ketones (excluding diaryl/α,β-unsaturated/α-hetero) is 1. The summed E-state index contributed by atoms with van der Waals surface area (Å²) in [6, 6.07) is 12.6. The number of aliphatic hydroxyl groups excluding tert-OH is 1. The SMILES string of the molecule is CC(=O)[C@@]1(O)[C@H](O)C[C@H]2c3ccc4ccccc4c3CC[C@@]21C. The van der Waals surface area contributed by atoms with E-state index in [9.17, 15) is 15.0 Å². The molecule has 3 nitrogen and oxygen atoms in total. The van der Waals surface area contributed by atoms with Gasteiger partial charge in [0, 0.05) is 5.41 Å². The summed E-state index contributed by atoms with van der Waals surface area (Å²) in [5.74, 6) is -0.306. The molecule has 0 unspecified atom stereocenters. The summed E-state index contributed by atoms with van der Waals surface area (Å²) in [6.07, 6.45) is 0.989. The Morgan fingerprint density at radius 1 is 1.22 bits per heavy atom. The van der Waals surface area contributed by atoms with Crippen molar-refractivity contribution >= 4 is 16.6 Å². The van der Waals surface area contributed by atoms with Gasteiger partial charge in [0.2, 0.25) is 0 Å². The van der Waals surface area contributed by atoms with Gasteiger partial charge in [-0.3, -0.25) is 4.79 Å². The van der Waals surface area contributed by atoms with E-state index in [-0.39, 0.29) is 11.7 Å². The second-order valence-electron chi connectivity index (χ2n) is 7.40. The maximum atomic E-state index is 12.2. The lowest BCUT2D eigenvalue weighted by molar-refractivity contribution is -0.162. The van der Waals surface area contributed by atoms with Gasteiger partial charge in [-0.1, -0.05) is 43.3 Å². The number of carbonyl (C=O) groups is 1. The Morgan fingerprint density at radius 3 is 2.70 bits per heavy atom. The van der Waals surface area contributed by atoms with E-state index in [4.69, 9.17) is 0 Å². The first-order chi connectivity index (χ1) is 10.9. The van der Waals surface area contributed by atoms with Crippen molar-refractivity contribution in [1.82, 2.24) is 0 Å². The van der Waals surface area contributed by atoms with Crippen LogP contribution in [0.5, 0.6) is 0 Å². The molecule has 2 aromatic carbocycles. The largest absolute Gasteiger partial charge is 0.390 e. The Kier molecular flexibility index (Phi) is 3.00. The number of aryl methyl sites for hydroxylation is 1. The Labute approximate surface area is 136 Å². The molecule has 4 atom stereocenters. The number of carbonyl (C=O) groups excluding carboxylic acids is 1. The first kappa shape index (κ1) is 14.9. The van der Waals surface area contributed by atoms with E-state index in [1.807, 2.05) is 19.1 Å². The summed E-state index contributed by atoms with van der Waals surface area (Å²) >= 11 is 0. The van der Waals surface area contributed by atoms with Crippen molar-refractivity contribution in [3.63, 3.8) is 0 Å². The molecule has 0 aromatic heterocycles. The average molecular weight is 310 g/mol. The molecule has 0 heterocycles. The maximum Gasteiger partial charge on any atom is 0.164 e. The molecule has 4 rings (SSSR count). The van der Waals surface area contributed by atoms with Crippen molar-refractivity contribution in [3.8, 4) is 0 Å². The molecular weight excluding hydrogens is 288 g/mol. The third kappa shape index (κ3) is 1.69. The molecule has 0 radical (unpaired) electrons. The summed E-state index contributed by atoms with van der Waals surface area (Å²) in [4.78, 5) is 12.2. The minimum atomic E-state index is -1.64. The summed E-state index contributed by atoms with van der Waals surface area (Å²) in [7, 11) is 0. The molecule has 23 heavy (non-hydrogen) atoms. The highest BCUT2D eigenvalue weighted by Gasteiger charge is 2.65. The number of benzene rings is 2. The quantitative estimate of drug-likeness (QED) is 0.851. The topological polar surface area (TPSA) is 57.5 Å². The average Bonchev–Trinajstić information content (AvgIpc) is 2.76. The summed E-state index contributed by atoms with van der Waals surface area (Å²) in [6.45, 7) is 3.36. The number of hydrogen-bond donors (Lipinski definition) is 2. The van der Waals surface area contributed by atoms with E-state index in [1.54, 1.807) is 0 Å². The van der Waals surface area contributed by atoms with Crippen molar-refractivity contribution < 1.29 is 15.0 Å². The maximum absolute atomic E-state index is 12.2. The van der Waals surface area contributed by atoms with Crippen molar-refractivity contribution in [3.05, 3.63) is 47.5 Å². The molecule has 0 aliphatic heterocycles. The number of hydrogen-bond acceptors (Lipinski definition) is 3. The zero-order chi connectivity index (χ0) is 16.4. The Hall–Kier alpha value is -1.71. The number of rotatable bonds is 1. The monoisotopic (exact) mass is 310 g/mol. The van der Waals surface area contributed by atoms with Gasteiger partial charge in [0.05, 0.1) is 6.10 Å². The van der Waals surface area contributed by atoms with Crippen molar-refractivity contribution in [2.24, 2.45) is 5.41 Å². The van der Waals surface area contributed by atoms with Crippen LogP contribution in [0.4, 0.5) is 0 Å². The van der Waals surface area contributed by atoms with Gasteiger partial charge in [-0.2, -0.15) is 0 Å². The van der Waals surface area contributed by atoms with E-state index in [0.29, 0.717) is 12.8 Å². The summed E-state index contributed by atoms with van der Waals surface area (Å²) < 4.78 is 0. The van der Waals surface area contributed by atoms with Crippen LogP contribution in [-0.4, -0.2) is 27.7 Å². The summed E-state index contributed by atoms with van der Waals surface area (Å²) in [5.41, 5.74) is 0.258. The van der Waals surface area contributed by atoms with Crippen LogP contribution in [-0.2, 0) is 11.2 Å². The Morgan fingerprint density at radius 2 is 1.96 bits per heavy atom. The fraction of sp³-hybridized carbons (Fsp3) is 0.450. The lowest BCUT2D eigenvalue weighted by atomic mass is 9.60. The number of aliphatic hydroxyl groups is 2. The first-order valence-electron chi connectivity index (χ1n) is 8.31. The second-order valence-corrected chi connectivity index (χ2v) is 7.40. The van der Waals surface area contributed by atoms with Crippen LogP contribution < -0.4 is 0 Å². The van der Waals surface area contributed by atoms with Crippen molar-refractivity contribution in [1.29, 1.82) is 0 Å². The normalized spacial score (nSPS) is 35.8. The van der Waals surface area contributed by atoms with E-state index in [0.717, 1.165) is 6.42 Å². The van der Waals surface area contributed by atoms with Gasteiger partial charge in [-0.15, -0.1) is 0 Å². The minimum absolute atomic E-state index is 0.0137. The van der Waals surface area contributed by atoms with Gasteiger partial charge in [0.15, 0.2) is 11.4 Å². The van der Waals surface area contributed by atoms with E-state index < -0.39 is 17.1 Å². The molecule has 2 aromatic rings. The van der Waals surface area contributed by atoms with Gasteiger partial charge in [0.25, 0.3) is 0 Å². The lowest BCUT2D eigenvalue weighted by Crippen LogP contribution is -2.56. The predicted molar refractivity (Wildman–Crippen MR) is 89.4 cm³/mol. The van der Waals surface area contributed by atoms with Gasteiger partial charge < -0.3 is 10.2 Å². The van der Waals surface area contributed by atoms with Crippen LogP contribution in [0.3, 0.4) is 0 Å². The number of fused-ring (bicyclic) bond motifs is 5. The molecule has 2 N–H and O–H groups in total. The molecule has 1 fully saturated rings. The van der Waals surface area contributed by atoms with E-state index in [1.165, 1.54) is 28.8 Å². The van der Waals surface area contributed by atoms with Gasteiger partial charge in [0.1, 0.15) is 0 Å². The fourth-order valence-corrected chi connectivity index (χ4v) is 5.11. The zero-order valence-corrected chi connectivity index (χ0v) is 13.5. The standard InChI is InChI=1S/C20H22O3/c1-12(21)20(23)18(22)11-17-16-8-7-13-5-3-4-6-14(13)15(16)9-10-19(17,20)2/h3-8,17-18,22-23H,9-11H2,1-2H3/t17-,18+,19-,20+/m0/s1. The van der Waals surface area contributed by atoms with Gasteiger partial charge in [-0.25, -0.2) is 0 Å². The number of ketones is 1. The Balaban J connectivity index is 1.93. The second kappa shape index (κ2) is 4.65. The van der Waals surface area contributed by atoms with Crippen LogP contribution in [0.2, 0.25) is 0 Å². The van der Waals surface area contributed by atoms with Crippen LogP contribution in [0, 0.1) is 5.41 Å². The van der Waals surface area contributed by atoms with Crippen molar-refractivity contribution in [2.75, 3.05) is 0 Å². The third-order valence-corrected chi connectivity index (χ3v) is 6.46. The molecule has 0 spiro atoms. The highest BCUT2D eigenvalue weighted by Crippen LogP contribution is 2.61. The van der Waals surface area contributed by atoms with Gasteiger partial charge >= 0.3 is 0 Å². The van der Waals surface area contributed by atoms with Crippen molar-refractivity contribution in [2.45, 2.75) is 50.7 Å². The van der Waals surface area contributed by atoms with Gasteiger partial charge in [-0.05, 0) is 54.0 Å².